The van der Waals surface area contributed by atoms with Crippen LogP contribution < -0.4 is 15.2 Å². The highest BCUT2D eigenvalue weighted by atomic mass is 16.8. The first-order valence-corrected chi connectivity index (χ1v) is 11.5. The molecule has 0 aliphatic carbocycles. The maximum Gasteiger partial charge on any atom is 0.514 e. The highest BCUT2D eigenvalue weighted by Gasteiger charge is 2.30. The Balaban J connectivity index is 3.32. The van der Waals surface area contributed by atoms with Crippen LogP contribution in [0.25, 0.3) is 0 Å². The second kappa shape index (κ2) is 14.1. The molecule has 0 bridgehead atoms. The Morgan fingerprint density at radius 2 is 1.22 bits per heavy atom. The van der Waals surface area contributed by atoms with Crippen LogP contribution in [-0.2, 0) is 23.7 Å². The van der Waals surface area contributed by atoms with Gasteiger partial charge in [-0.1, -0.05) is 6.07 Å². The molecule has 2 unspecified atom stereocenters. The number of hydrogen-bond acceptors (Lipinski definition) is 11. The van der Waals surface area contributed by atoms with Gasteiger partial charge in [-0.05, 0) is 72.6 Å². The van der Waals surface area contributed by atoms with E-state index >= 15 is 0 Å². The minimum Gasteiger partial charge on any atom is -0.480 e. The third-order valence-corrected chi connectivity index (χ3v) is 4.38. The molecule has 36 heavy (non-hydrogen) atoms. The number of hydrogen-bond donors (Lipinski definition) is 2. The maximum atomic E-state index is 12.1. The quantitative estimate of drug-likeness (QED) is 0.244. The molecule has 1 aromatic rings. The molecule has 0 aromatic heterocycles. The number of carbonyl (C=O) groups excluding carboxylic acids is 3. The zero-order chi connectivity index (χ0) is 27.6. The van der Waals surface area contributed by atoms with Crippen LogP contribution in [0, 0.1) is 0 Å². The first-order chi connectivity index (χ1) is 16.7. The zero-order valence-corrected chi connectivity index (χ0v) is 21.5. The Morgan fingerprint density at radius 1 is 0.750 bits per heavy atom. The van der Waals surface area contributed by atoms with Crippen LogP contribution in [0.4, 0.5) is 14.4 Å². The first kappa shape index (κ1) is 30.5. The lowest BCUT2D eigenvalue weighted by molar-refractivity contribution is -0.139. The fourth-order valence-corrected chi connectivity index (χ4v) is 2.98. The molecule has 0 amide bonds. The number of nitrogens with two attached hydrogens (primary N) is 1. The Bertz CT molecular complexity index is 913. The molecule has 0 spiro atoms. The Hall–Kier alpha value is -3.54. The second-order valence-electron chi connectivity index (χ2n) is 8.79. The number of carboxylic acids is 1. The topological polar surface area (TPSA) is 170 Å². The van der Waals surface area contributed by atoms with Crippen molar-refractivity contribution in [3.8, 4) is 11.5 Å². The molecule has 0 saturated carbocycles. The fraction of sp³-hybridized carbons (Fsp3) is 0.583. The molecular weight excluding hydrogens is 478 g/mol. The minimum absolute atomic E-state index is 0.00780. The van der Waals surface area contributed by atoms with Gasteiger partial charge in [0.05, 0.1) is 18.3 Å². The molecule has 1 rings (SSSR count). The van der Waals surface area contributed by atoms with E-state index in [2.05, 4.69) is 0 Å². The summed E-state index contributed by atoms with van der Waals surface area (Å²) in [7, 11) is 0. The van der Waals surface area contributed by atoms with Crippen molar-refractivity contribution in [3.05, 3.63) is 23.8 Å². The Labute approximate surface area is 209 Å². The van der Waals surface area contributed by atoms with Gasteiger partial charge in [0.25, 0.3) is 0 Å². The summed E-state index contributed by atoms with van der Waals surface area (Å²) in [5, 5.41) is 9.55. The SMILES string of the molecule is CC(C)OC(=O)Oc1ccc(C(CC(C)OC(=O)OC(C)C)[C@H](N)C(=O)O)cc1OC(=O)OC(C)C. The van der Waals surface area contributed by atoms with E-state index in [1.54, 1.807) is 48.5 Å². The Kier molecular flexibility index (Phi) is 12.0. The number of benzene rings is 1. The van der Waals surface area contributed by atoms with Crippen molar-refractivity contribution in [3.63, 3.8) is 0 Å². The third kappa shape index (κ3) is 10.8. The number of aliphatic carboxylic acids is 1. The van der Waals surface area contributed by atoms with E-state index in [-0.39, 0.29) is 17.9 Å². The number of carbonyl (C=O) groups is 4. The lowest BCUT2D eigenvalue weighted by Crippen LogP contribution is -2.38. The van der Waals surface area contributed by atoms with E-state index in [0.717, 1.165) is 0 Å². The predicted octanol–water partition coefficient (Wildman–Crippen LogP) is 4.37. The van der Waals surface area contributed by atoms with Crippen molar-refractivity contribution in [2.45, 2.75) is 91.3 Å². The average molecular weight is 514 g/mol. The van der Waals surface area contributed by atoms with Crippen LogP contribution in [0.2, 0.25) is 0 Å². The molecule has 3 N–H and O–H groups in total. The summed E-state index contributed by atoms with van der Waals surface area (Å²) in [6.07, 6.45) is -5.16. The van der Waals surface area contributed by atoms with Crippen molar-refractivity contribution < 1.29 is 52.7 Å². The largest absolute Gasteiger partial charge is 0.514 e. The molecular formula is C24H35NO11. The molecule has 3 atom stereocenters. The molecule has 202 valence electrons. The van der Waals surface area contributed by atoms with Crippen molar-refractivity contribution in [2.24, 2.45) is 5.73 Å². The van der Waals surface area contributed by atoms with Crippen molar-refractivity contribution >= 4 is 24.4 Å². The highest BCUT2D eigenvalue weighted by Crippen LogP contribution is 2.35. The van der Waals surface area contributed by atoms with Gasteiger partial charge in [0, 0.05) is 5.92 Å². The van der Waals surface area contributed by atoms with Crippen LogP contribution in [0.5, 0.6) is 11.5 Å². The summed E-state index contributed by atoms with van der Waals surface area (Å²) in [6.45, 7) is 11.3. The lowest BCUT2D eigenvalue weighted by atomic mass is 9.87. The molecule has 0 fully saturated rings. The fourth-order valence-electron chi connectivity index (χ4n) is 2.98. The smallest absolute Gasteiger partial charge is 0.480 e. The van der Waals surface area contributed by atoms with Crippen molar-refractivity contribution in [1.82, 2.24) is 0 Å². The van der Waals surface area contributed by atoms with Gasteiger partial charge in [-0.25, -0.2) is 14.4 Å². The number of ether oxygens (including phenoxy) is 6. The van der Waals surface area contributed by atoms with Gasteiger partial charge in [0.2, 0.25) is 0 Å². The standard InChI is InChI=1S/C24H35NO11/c1-12(2)31-22(28)34-15(7)10-17(20(25)21(26)27)16-8-9-18(35-23(29)32-13(3)4)19(11-16)36-24(30)33-14(5)6/h8-9,11-15,17,20H,10,25H2,1-7H3,(H,26,27)/t15?,17?,20-/m0/s1. The molecule has 0 radical (unpaired) electrons. The van der Waals surface area contributed by atoms with Gasteiger partial charge in [-0.2, -0.15) is 0 Å². The van der Waals surface area contributed by atoms with Crippen LogP contribution in [0.3, 0.4) is 0 Å². The average Bonchev–Trinajstić information content (AvgIpc) is 2.70. The summed E-state index contributed by atoms with van der Waals surface area (Å²) in [6, 6.07) is 2.64. The first-order valence-electron chi connectivity index (χ1n) is 11.5. The van der Waals surface area contributed by atoms with Gasteiger partial charge in [0.1, 0.15) is 12.1 Å². The number of carboxylic acid groups (broad SMARTS) is 1. The zero-order valence-electron chi connectivity index (χ0n) is 21.5. The number of rotatable bonds is 11. The third-order valence-electron chi connectivity index (χ3n) is 4.38. The molecule has 12 nitrogen and oxygen atoms in total. The molecule has 0 aliphatic rings. The molecule has 1 aromatic carbocycles. The molecule has 12 heteroatoms. The van der Waals surface area contributed by atoms with Gasteiger partial charge in [-0.3, -0.25) is 4.79 Å². The van der Waals surface area contributed by atoms with Crippen molar-refractivity contribution in [2.75, 3.05) is 0 Å². The summed E-state index contributed by atoms with van der Waals surface area (Å²) >= 11 is 0. The summed E-state index contributed by atoms with van der Waals surface area (Å²) in [5.41, 5.74) is 6.25. The minimum atomic E-state index is -1.41. The molecule has 0 saturated heterocycles. The van der Waals surface area contributed by atoms with Crippen molar-refractivity contribution in [1.29, 1.82) is 0 Å². The Morgan fingerprint density at radius 3 is 1.69 bits per heavy atom. The highest BCUT2D eigenvalue weighted by molar-refractivity contribution is 5.75. The summed E-state index contributed by atoms with van der Waals surface area (Å²) in [5.74, 6) is -2.60. The van der Waals surface area contributed by atoms with Gasteiger partial charge in [-0.15, -0.1) is 0 Å². The molecule has 0 heterocycles. The van der Waals surface area contributed by atoms with Crippen LogP contribution in [0.15, 0.2) is 18.2 Å². The van der Waals surface area contributed by atoms with Crippen LogP contribution in [0.1, 0.15) is 66.4 Å². The van der Waals surface area contributed by atoms with E-state index in [4.69, 9.17) is 34.2 Å². The van der Waals surface area contributed by atoms with Crippen LogP contribution in [-0.4, -0.2) is 60.0 Å². The summed E-state index contributed by atoms with van der Waals surface area (Å²) in [4.78, 5) is 47.7. The maximum absolute atomic E-state index is 12.1. The van der Waals surface area contributed by atoms with E-state index in [0.29, 0.717) is 5.56 Å². The molecule has 0 aliphatic heterocycles. The van der Waals surface area contributed by atoms with E-state index < -0.39 is 60.8 Å². The predicted molar refractivity (Wildman–Crippen MR) is 126 cm³/mol. The second-order valence-corrected chi connectivity index (χ2v) is 8.79. The summed E-state index contributed by atoms with van der Waals surface area (Å²) < 4.78 is 30.4. The lowest BCUT2D eigenvalue weighted by Gasteiger charge is -2.25. The van der Waals surface area contributed by atoms with Crippen LogP contribution >= 0.6 is 0 Å². The van der Waals surface area contributed by atoms with E-state index in [9.17, 15) is 24.3 Å². The van der Waals surface area contributed by atoms with E-state index in [1.807, 2.05) is 0 Å². The van der Waals surface area contributed by atoms with Gasteiger partial charge < -0.3 is 39.3 Å². The monoisotopic (exact) mass is 513 g/mol. The normalized spacial score (nSPS) is 13.5. The van der Waals surface area contributed by atoms with E-state index in [1.165, 1.54) is 18.2 Å². The van der Waals surface area contributed by atoms with Gasteiger partial charge >= 0.3 is 24.4 Å². The van der Waals surface area contributed by atoms with Gasteiger partial charge in [0.15, 0.2) is 11.5 Å².